The molecule has 0 aromatic heterocycles. The van der Waals surface area contributed by atoms with Crippen molar-refractivity contribution in [1.82, 2.24) is 4.90 Å². The van der Waals surface area contributed by atoms with Gasteiger partial charge in [-0.2, -0.15) is 0 Å². The lowest BCUT2D eigenvalue weighted by molar-refractivity contribution is -0.629. The van der Waals surface area contributed by atoms with Gasteiger partial charge in [-0.05, 0) is 13.3 Å². The molecule has 0 fully saturated rings. The average molecular weight is 354 g/mol. The summed E-state index contributed by atoms with van der Waals surface area (Å²) in [6.07, 6.45) is 21.9. The van der Waals surface area contributed by atoms with Crippen LogP contribution in [-0.2, 0) is 0 Å². The average Bonchev–Trinajstić information content (AvgIpc) is 2.96. The van der Waals surface area contributed by atoms with Crippen molar-refractivity contribution in [2.45, 2.75) is 123 Å². The lowest BCUT2D eigenvalue weighted by Crippen LogP contribution is -2.84. The molecule has 3 N–H and O–H groups in total. The van der Waals surface area contributed by atoms with Crippen LogP contribution in [0.2, 0.25) is 0 Å². The summed E-state index contributed by atoms with van der Waals surface area (Å²) in [6, 6.07) is 0. The van der Waals surface area contributed by atoms with Gasteiger partial charge in [0, 0.05) is 13.5 Å². The van der Waals surface area contributed by atoms with E-state index in [2.05, 4.69) is 30.3 Å². The molecule has 0 amide bonds. The molecule has 1 rings (SSSR count). The van der Waals surface area contributed by atoms with Crippen LogP contribution in [0, 0.1) is 0 Å². The number of hydrogen-bond donors (Lipinski definition) is 2. The fourth-order valence-electron chi connectivity index (χ4n) is 3.86. The van der Waals surface area contributed by atoms with Crippen LogP contribution in [0.3, 0.4) is 0 Å². The second kappa shape index (κ2) is 14.6. The van der Waals surface area contributed by atoms with E-state index in [1.54, 1.807) is 0 Å². The second-order valence-corrected chi connectivity index (χ2v) is 7.99. The number of quaternary nitrogens is 1. The van der Waals surface area contributed by atoms with Crippen LogP contribution >= 0.6 is 0 Å². The Labute approximate surface area is 157 Å². The minimum atomic E-state index is -0.340. The normalized spacial score (nSPS) is 18.6. The summed E-state index contributed by atoms with van der Waals surface area (Å²) < 4.78 is 0. The van der Waals surface area contributed by atoms with Crippen LogP contribution in [0.15, 0.2) is 11.9 Å². The fourth-order valence-corrected chi connectivity index (χ4v) is 3.86. The Morgan fingerprint density at radius 1 is 0.880 bits per heavy atom. The van der Waals surface area contributed by atoms with Gasteiger partial charge in [-0.1, -0.05) is 90.4 Å². The van der Waals surface area contributed by atoms with Crippen LogP contribution in [0.25, 0.3) is 0 Å². The zero-order chi connectivity index (χ0) is 18.3. The maximum absolute atomic E-state index is 9.83. The van der Waals surface area contributed by atoms with Crippen molar-refractivity contribution < 1.29 is 10.4 Å². The van der Waals surface area contributed by atoms with Gasteiger partial charge in [-0.3, -0.25) is 5.32 Å². The highest BCUT2D eigenvalue weighted by Crippen LogP contribution is 2.16. The Bertz CT molecular complexity index is 341. The first kappa shape index (κ1) is 22.5. The summed E-state index contributed by atoms with van der Waals surface area (Å²) in [5, 5.41) is 12.0. The standard InChI is InChI=1S/C22H44N2O/c1-4-5-6-7-8-9-10-11-12-13-14-15-16-17-18-24-21(3)23-19-22(24)20(2)25/h19-21,23,25H,4-18H2,1-3H3/p+1. The quantitative estimate of drug-likeness (QED) is 0.387. The van der Waals surface area contributed by atoms with Crippen LogP contribution in [0.4, 0.5) is 0 Å². The highest BCUT2D eigenvalue weighted by atomic mass is 16.3. The van der Waals surface area contributed by atoms with E-state index < -0.39 is 0 Å². The van der Waals surface area contributed by atoms with Crippen molar-refractivity contribution in [3.05, 3.63) is 11.9 Å². The van der Waals surface area contributed by atoms with Gasteiger partial charge < -0.3 is 10.0 Å². The molecule has 2 atom stereocenters. The Hall–Kier alpha value is -0.540. The van der Waals surface area contributed by atoms with Crippen LogP contribution < -0.4 is 5.32 Å². The molecular weight excluding hydrogens is 308 g/mol. The summed E-state index contributed by atoms with van der Waals surface area (Å²) in [5.74, 6) is 0. The van der Waals surface area contributed by atoms with Crippen molar-refractivity contribution in [2.75, 3.05) is 6.54 Å². The summed E-state index contributed by atoms with van der Waals surface area (Å²) in [4.78, 5) is 2.37. The van der Waals surface area contributed by atoms with Gasteiger partial charge in [0.25, 0.3) is 0 Å². The molecule has 0 saturated carbocycles. The molecule has 0 radical (unpaired) electrons. The summed E-state index contributed by atoms with van der Waals surface area (Å²) in [6.45, 7) is 7.47. The van der Waals surface area contributed by atoms with E-state index in [1.807, 2.05) is 6.92 Å². The fraction of sp³-hybridized carbons (Fsp3) is 0.909. The SMILES string of the molecule is CCCCCCCCCCCCCCCCN1C(C(C)O)=C[NH2+]C1C. The monoisotopic (exact) mass is 353 g/mol. The zero-order valence-corrected chi connectivity index (χ0v) is 17.3. The lowest BCUT2D eigenvalue weighted by atomic mass is 10.0. The first-order valence-electron chi connectivity index (χ1n) is 11.2. The molecule has 1 aliphatic rings. The Balaban J connectivity index is 1.85. The number of hydrogen-bond acceptors (Lipinski definition) is 2. The third-order valence-electron chi connectivity index (χ3n) is 5.55. The van der Waals surface area contributed by atoms with E-state index in [1.165, 1.54) is 89.9 Å². The molecule has 0 bridgehead atoms. The maximum Gasteiger partial charge on any atom is 0.162 e. The lowest BCUT2D eigenvalue weighted by Gasteiger charge is -2.25. The van der Waals surface area contributed by atoms with Gasteiger partial charge >= 0.3 is 0 Å². The maximum atomic E-state index is 9.83. The summed E-state index contributed by atoms with van der Waals surface area (Å²) in [7, 11) is 0. The molecule has 3 nitrogen and oxygen atoms in total. The second-order valence-electron chi connectivity index (χ2n) is 7.99. The van der Waals surface area contributed by atoms with Crippen molar-refractivity contribution in [2.24, 2.45) is 0 Å². The predicted octanol–water partition coefficient (Wildman–Crippen LogP) is 4.91. The molecule has 0 aliphatic carbocycles. The van der Waals surface area contributed by atoms with Gasteiger partial charge in [0.2, 0.25) is 0 Å². The minimum Gasteiger partial charge on any atom is -0.387 e. The zero-order valence-electron chi connectivity index (χ0n) is 17.3. The predicted molar refractivity (Wildman–Crippen MR) is 108 cm³/mol. The molecule has 0 saturated heterocycles. The molecule has 3 heteroatoms. The van der Waals surface area contributed by atoms with Gasteiger partial charge in [0.1, 0.15) is 11.9 Å². The number of nitrogens with zero attached hydrogens (tertiary/aromatic N) is 1. The summed E-state index contributed by atoms with van der Waals surface area (Å²) in [5.41, 5.74) is 1.10. The number of aliphatic hydroxyl groups is 1. The van der Waals surface area contributed by atoms with Crippen LogP contribution in [0.5, 0.6) is 0 Å². The molecule has 0 aromatic carbocycles. The number of aliphatic hydroxyl groups excluding tert-OH is 1. The minimum absolute atomic E-state index is 0.340. The molecule has 148 valence electrons. The van der Waals surface area contributed by atoms with E-state index in [0.717, 1.165) is 12.2 Å². The summed E-state index contributed by atoms with van der Waals surface area (Å²) >= 11 is 0. The molecule has 0 aromatic rings. The Morgan fingerprint density at radius 2 is 1.32 bits per heavy atom. The van der Waals surface area contributed by atoms with E-state index in [-0.39, 0.29) is 6.10 Å². The Morgan fingerprint density at radius 3 is 1.76 bits per heavy atom. The first-order chi connectivity index (χ1) is 12.2. The highest BCUT2D eigenvalue weighted by molar-refractivity contribution is 5.05. The van der Waals surface area contributed by atoms with Crippen LogP contribution in [0.1, 0.15) is 111 Å². The van der Waals surface area contributed by atoms with E-state index >= 15 is 0 Å². The van der Waals surface area contributed by atoms with Gasteiger partial charge in [-0.15, -0.1) is 0 Å². The van der Waals surface area contributed by atoms with Crippen molar-refractivity contribution >= 4 is 0 Å². The van der Waals surface area contributed by atoms with Crippen molar-refractivity contribution in [1.29, 1.82) is 0 Å². The number of unbranched alkanes of at least 4 members (excludes halogenated alkanes) is 13. The van der Waals surface area contributed by atoms with E-state index in [0.29, 0.717) is 6.17 Å². The topological polar surface area (TPSA) is 40.1 Å². The van der Waals surface area contributed by atoms with E-state index in [9.17, 15) is 5.11 Å². The molecule has 0 spiro atoms. The largest absolute Gasteiger partial charge is 0.387 e. The Kier molecular flexibility index (Phi) is 13.2. The smallest absolute Gasteiger partial charge is 0.162 e. The van der Waals surface area contributed by atoms with Gasteiger partial charge in [0.15, 0.2) is 6.17 Å². The molecular formula is C22H45N2O+. The molecule has 2 unspecified atom stereocenters. The van der Waals surface area contributed by atoms with Crippen LogP contribution in [-0.4, -0.2) is 28.8 Å². The van der Waals surface area contributed by atoms with Gasteiger partial charge in [-0.25, -0.2) is 0 Å². The van der Waals surface area contributed by atoms with Crippen molar-refractivity contribution in [3.63, 3.8) is 0 Å². The number of rotatable bonds is 16. The number of nitrogens with two attached hydrogens (primary N) is 1. The van der Waals surface area contributed by atoms with Crippen molar-refractivity contribution in [3.8, 4) is 0 Å². The molecule has 25 heavy (non-hydrogen) atoms. The first-order valence-corrected chi connectivity index (χ1v) is 11.2. The third kappa shape index (κ3) is 10.3. The van der Waals surface area contributed by atoms with E-state index in [4.69, 9.17) is 0 Å². The highest BCUT2D eigenvalue weighted by Gasteiger charge is 2.27. The molecule has 1 heterocycles. The molecule has 1 aliphatic heterocycles. The third-order valence-corrected chi connectivity index (χ3v) is 5.55. The van der Waals surface area contributed by atoms with Gasteiger partial charge in [0.05, 0.1) is 6.10 Å².